The Morgan fingerprint density at radius 1 is 1.12 bits per heavy atom. The van der Waals surface area contributed by atoms with E-state index in [9.17, 15) is 9.18 Å². The molecule has 0 radical (unpaired) electrons. The highest BCUT2D eigenvalue weighted by molar-refractivity contribution is 8.14. The molecule has 2 atom stereocenters. The predicted molar refractivity (Wildman–Crippen MR) is 128 cm³/mol. The van der Waals surface area contributed by atoms with Crippen molar-refractivity contribution in [3.63, 3.8) is 0 Å². The maximum atomic E-state index is 15.3. The van der Waals surface area contributed by atoms with Gasteiger partial charge < -0.3 is 10.1 Å². The first-order valence-electron chi connectivity index (χ1n) is 10.9. The lowest BCUT2D eigenvalue weighted by atomic mass is 9.59. The van der Waals surface area contributed by atoms with Crippen LogP contribution >= 0.6 is 11.8 Å². The van der Waals surface area contributed by atoms with Crippen LogP contribution in [0.15, 0.2) is 65.8 Å². The van der Waals surface area contributed by atoms with E-state index in [1.165, 1.54) is 23.9 Å². The molecule has 1 aliphatic heterocycles. The van der Waals surface area contributed by atoms with E-state index in [0.717, 1.165) is 17.2 Å². The van der Waals surface area contributed by atoms with Gasteiger partial charge in [-0.2, -0.15) is 0 Å². The number of aliphatic imine (C=N–C) groups is 1. The van der Waals surface area contributed by atoms with Crippen LogP contribution in [0.2, 0.25) is 0 Å². The normalized spacial score (nSPS) is 23.4. The van der Waals surface area contributed by atoms with E-state index < -0.39 is 22.6 Å². The molecule has 5 nitrogen and oxygen atoms in total. The first-order valence-corrected chi connectivity index (χ1v) is 11.9. The highest BCUT2D eigenvalue weighted by Crippen LogP contribution is 2.57. The maximum absolute atomic E-state index is 15.3. The monoisotopic (exact) mass is 479 g/mol. The summed E-state index contributed by atoms with van der Waals surface area (Å²) in [6.45, 7) is 2.07. The number of hydrogen-bond donors (Lipinski definition) is 1. The highest BCUT2D eigenvalue weighted by atomic mass is 32.2. The molecule has 2 heterocycles. The van der Waals surface area contributed by atoms with Crippen molar-refractivity contribution in [1.82, 2.24) is 10.3 Å². The van der Waals surface area contributed by atoms with E-state index in [0.29, 0.717) is 40.8 Å². The van der Waals surface area contributed by atoms with Crippen LogP contribution in [-0.4, -0.2) is 28.9 Å². The molecule has 0 unspecified atom stereocenters. The molecule has 2 aliphatic rings. The second kappa shape index (κ2) is 8.51. The highest BCUT2D eigenvalue weighted by Gasteiger charge is 2.56. The summed E-state index contributed by atoms with van der Waals surface area (Å²) in [6.07, 6.45) is 2.62. The van der Waals surface area contributed by atoms with Crippen LogP contribution in [0.25, 0.3) is 0 Å². The van der Waals surface area contributed by atoms with Crippen molar-refractivity contribution in [2.45, 2.75) is 25.3 Å². The number of thioether (sulfide) groups is 1. The number of rotatable bonds is 3. The Labute approximate surface area is 200 Å². The number of carbonyl (C=O) groups is 1. The Balaban J connectivity index is 1.66. The van der Waals surface area contributed by atoms with E-state index in [1.807, 2.05) is 12.1 Å². The van der Waals surface area contributed by atoms with Gasteiger partial charge in [0.25, 0.3) is 5.91 Å². The lowest BCUT2D eigenvalue weighted by molar-refractivity contribution is 0.0975. The van der Waals surface area contributed by atoms with Crippen LogP contribution in [0.5, 0.6) is 5.88 Å². The van der Waals surface area contributed by atoms with Crippen molar-refractivity contribution in [1.29, 1.82) is 0 Å². The number of nitrogens with zero attached hydrogens (tertiary/aromatic N) is 2. The van der Waals surface area contributed by atoms with Crippen LogP contribution in [0.1, 0.15) is 34.0 Å². The molecule has 0 spiro atoms. The van der Waals surface area contributed by atoms with E-state index >= 15 is 4.39 Å². The minimum atomic E-state index is -1.08. The molecule has 0 fully saturated rings. The smallest absolute Gasteiger partial charge is 0.257 e. The number of amides is 1. The third kappa shape index (κ3) is 3.66. The first-order chi connectivity index (χ1) is 16.3. The molecule has 2 aromatic carbocycles. The van der Waals surface area contributed by atoms with Crippen LogP contribution in [-0.2, 0) is 18.4 Å². The zero-order chi connectivity index (χ0) is 23.9. The van der Waals surface area contributed by atoms with Gasteiger partial charge in [-0.05, 0) is 36.2 Å². The molecule has 0 bridgehead atoms. The summed E-state index contributed by atoms with van der Waals surface area (Å²) in [5, 5.41) is 3.30. The number of ether oxygens (including phenoxy) is 1. The first kappa shape index (κ1) is 22.5. The Kier molecular flexibility index (Phi) is 5.64. The molecule has 0 saturated carbocycles. The van der Waals surface area contributed by atoms with Gasteiger partial charge in [-0.1, -0.05) is 43.0 Å². The molecule has 1 aliphatic carbocycles. The fourth-order valence-electron chi connectivity index (χ4n) is 4.98. The number of halogens is 2. The third-order valence-corrected chi connectivity index (χ3v) is 8.02. The summed E-state index contributed by atoms with van der Waals surface area (Å²) in [5.74, 6) is -0.559. The van der Waals surface area contributed by atoms with Gasteiger partial charge in [0, 0.05) is 46.5 Å². The minimum absolute atomic E-state index is 0.291. The quantitative estimate of drug-likeness (QED) is 0.580. The molecule has 1 aromatic heterocycles. The van der Waals surface area contributed by atoms with Crippen molar-refractivity contribution >= 4 is 22.8 Å². The largest absolute Gasteiger partial charge is 0.481 e. The van der Waals surface area contributed by atoms with E-state index in [-0.39, 0.29) is 5.91 Å². The molecule has 1 amide bonds. The number of methoxy groups -OCH3 is 1. The molecule has 34 heavy (non-hydrogen) atoms. The van der Waals surface area contributed by atoms with Gasteiger partial charge in [0.2, 0.25) is 5.88 Å². The summed E-state index contributed by atoms with van der Waals surface area (Å²) in [5.41, 5.74) is 1.12. The predicted octanol–water partition coefficient (Wildman–Crippen LogP) is 4.90. The second-order valence-corrected chi connectivity index (χ2v) is 9.85. The van der Waals surface area contributed by atoms with Gasteiger partial charge in [-0.15, -0.1) is 0 Å². The van der Waals surface area contributed by atoms with E-state index in [4.69, 9.17) is 9.73 Å². The standard InChI is InChI=1S/C26H23F2N3O2S/c1-25-13-17-10-11-29-23(33-2)19(17)14-26(25,20-9-8-18(27)12-21(20)28)31-24(34-15-25)30-22(32)16-6-4-3-5-7-16/h3-12H,13-15H2,1-2H3,(H,30,31,32)/t25-,26+/m0/s1. The average molecular weight is 480 g/mol. The Morgan fingerprint density at radius 3 is 2.65 bits per heavy atom. The molecular formula is C26H23F2N3O2S. The Bertz CT molecular complexity index is 1300. The minimum Gasteiger partial charge on any atom is -0.481 e. The fraction of sp³-hybridized carbons (Fsp3) is 0.269. The number of pyridine rings is 1. The fourth-order valence-corrected chi connectivity index (χ4v) is 6.17. The molecule has 174 valence electrons. The number of aromatic nitrogens is 1. The van der Waals surface area contributed by atoms with Crippen molar-refractivity contribution < 1.29 is 18.3 Å². The number of fused-ring (bicyclic) bond motifs is 2. The van der Waals surface area contributed by atoms with Gasteiger partial charge in [-0.25, -0.2) is 18.8 Å². The average Bonchev–Trinajstić information content (AvgIpc) is 2.83. The summed E-state index contributed by atoms with van der Waals surface area (Å²) in [4.78, 5) is 22.2. The van der Waals surface area contributed by atoms with E-state index in [2.05, 4.69) is 17.2 Å². The zero-order valence-corrected chi connectivity index (χ0v) is 19.6. The zero-order valence-electron chi connectivity index (χ0n) is 18.8. The van der Waals surface area contributed by atoms with Crippen LogP contribution in [0.3, 0.4) is 0 Å². The van der Waals surface area contributed by atoms with Crippen LogP contribution in [0, 0.1) is 17.0 Å². The molecule has 1 N–H and O–H groups in total. The maximum Gasteiger partial charge on any atom is 0.257 e. The summed E-state index contributed by atoms with van der Waals surface area (Å²) >= 11 is 1.43. The topological polar surface area (TPSA) is 63.6 Å². The van der Waals surface area contributed by atoms with Crippen molar-refractivity contribution in [3.8, 4) is 5.88 Å². The molecule has 3 aromatic rings. The van der Waals surface area contributed by atoms with Gasteiger partial charge >= 0.3 is 0 Å². The summed E-state index contributed by atoms with van der Waals surface area (Å²) < 4.78 is 34.7. The van der Waals surface area contributed by atoms with E-state index in [1.54, 1.807) is 37.6 Å². The Morgan fingerprint density at radius 2 is 1.91 bits per heavy atom. The number of hydrogen-bond acceptors (Lipinski definition) is 5. The summed E-state index contributed by atoms with van der Waals surface area (Å²) in [6, 6.07) is 14.4. The van der Waals surface area contributed by atoms with Crippen LogP contribution < -0.4 is 10.1 Å². The second-order valence-electron chi connectivity index (χ2n) is 8.88. The molecule has 8 heteroatoms. The lowest BCUT2D eigenvalue weighted by Crippen LogP contribution is -2.54. The summed E-state index contributed by atoms with van der Waals surface area (Å²) in [7, 11) is 1.55. The van der Waals surface area contributed by atoms with Gasteiger partial charge in [0.05, 0.1) is 7.11 Å². The van der Waals surface area contributed by atoms with Gasteiger partial charge in [-0.3, -0.25) is 4.79 Å². The number of benzene rings is 2. The van der Waals surface area contributed by atoms with Gasteiger partial charge in [0.15, 0.2) is 5.17 Å². The molecule has 0 saturated heterocycles. The number of nitrogens with one attached hydrogen (secondary N) is 1. The molecular weight excluding hydrogens is 456 g/mol. The van der Waals surface area contributed by atoms with Crippen LogP contribution in [0.4, 0.5) is 8.78 Å². The number of carbonyl (C=O) groups excluding carboxylic acids is 1. The van der Waals surface area contributed by atoms with Crippen molar-refractivity contribution in [2.75, 3.05) is 12.9 Å². The number of amidine groups is 1. The molecule has 5 rings (SSSR count). The lowest BCUT2D eigenvalue weighted by Gasteiger charge is -2.52. The third-order valence-electron chi connectivity index (χ3n) is 6.77. The van der Waals surface area contributed by atoms with Crippen molar-refractivity contribution in [2.24, 2.45) is 10.4 Å². The Hall–Kier alpha value is -3.26. The van der Waals surface area contributed by atoms with Gasteiger partial charge in [0.1, 0.15) is 17.2 Å². The van der Waals surface area contributed by atoms with Crippen molar-refractivity contribution in [3.05, 3.63) is 94.7 Å². The SMILES string of the molecule is COc1nccc2c1C[C@]1(c3ccc(F)cc3F)N=C(NC(=O)c3ccccc3)SC[C@]1(C)C2.